The minimum atomic E-state index is -0.444. The molecule has 0 aliphatic carbocycles. The van der Waals surface area contributed by atoms with Gasteiger partial charge in [-0.05, 0) is 24.8 Å². The molecule has 1 saturated heterocycles. The van der Waals surface area contributed by atoms with E-state index in [-0.39, 0.29) is 24.1 Å². The molecular formula is C14H19N3O3. The molecule has 1 atom stereocenters. The first-order valence-corrected chi connectivity index (χ1v) is 6.84. The summed E-state index contributed by atoms with van der Waals surface area (Å²) in [5, 5.41) is 10.6. The van der Waals surface area contributed by atoms with Gasteiger partial charge < -0.3 is 10.6 Å². The summed E-state index contributed by atoms with van der Waals surface area (Å²) in [6.45, 7) is 1.25. The van der Waals surface area contributed by atoms with E-state index < -0.39 is 4.92 Å². The fourth-order valence-corrected chi connectivity index (χ4v) is 2.59. The lowest BCUT2D eigenvalue weighted by molar-refractivity contribution is -0.384. The summed E-state index contributed by atoms with van der Waals surface area (Å²) in [5.74, 6) is 0.0500. The monoisotopic (exact) mass is 277 g/mol. The lowest BCUT2D eigenvalue weighted by atomic mass is 10.0. The van der Waals surface area contributed by atoms with Gasteiger partial charge in [0.2, 0.25) is 5.91 Å². The van der Waals surface area contributed by atoms with Crippen molar-refractivity contribution in [3.8, 4) is 0 Å². The van der Waals surface area contributed by atoms with Crippen LogP contribution in [-0.4, -0.2) is 34.9 Å². The van der Waals surface area contributed by atoms with E-state index in [0.717, 1.165) is 31.4 Å². The number of non-ortho nitro benzene ring substituents is 1. The summed E-state index contributed by atoms with van der Waals surface area (Å²) in [6, 6.07) is 6.27. The molecule has 1 heterocycles. The van der Waals surface area contributed by atoms with Crippen LogP contribution in [0.5, 0.6) is 0 Å². The Morgan fingerprint density at radius 2 is 2.05 bits per heavy atom. The number of nitro groups is 1. The third-order valence-corrected chi connectivity index (χ3v) is 3.72. The fraction of sp³-hybridized carbons (Fsp3) is 0.500. The van der Waals surface area contributed by atoms with Crippen LogP contribution in [0.25, 0.3) is 0 Å². The van der Waals surface area contributed by atoms with Crippen LogP contribution in [0.4, 0.5) is 5.69 Å². The number of likely N-dealkylation sites (tertiary alicyclic amines) is 1. The van der Waals surface area contributed by atoms with E-state index in [1.165, 1.54) is 12.1 Å². The summed E-state index contributed by atoms with van der Waals surface area (Å²) >= 11 is 0. The van der Waals surface area contributed by atoms with Crippen LogP contribution in [-0.2, 0) is 11.2 Å². The first-order chi connectivity index (χ1) is 9.61. The number of nitro benzene ring substituents is 1. The molecule has 1 amide bonds. The molecule has 1 unspecified atom stereocenters. The van der Waals surface area contributed by atoms with E-state index in [9.17, 15) is 14.9 Å². The van der Waals surface area contributed by atoms with Gasteiger partial charge in [0.1, 0.15) is 0 Å². The summed E-state index contributed by atoms with van der Waals surface area (Å²) in [6.07, 6.45) is 3.36. The number of hydrogen-bond acceptors (Lipinski definition) is 4. The van der Waals surface area contributed by atoms with Crippen molar-refractivity contribution < 1.29 is 9.72 Å². The van der Waals surface area contributed by atoms with Crippen molar-refractivity contribution in [3.05, 3.63) is 39.9 Å². The van der Waals surface area contributed by atoms with Gasteiger partial charge in [0.15, 0.2) is 0 Å². The zero-order chi connectivity index (χ0) is 14.5. The lowest BCUT2D eigenvalue weighted by Crippen LogP contribution is -2.48. The highest BCUT2D eigenvalue weighted by Crippen LogP contribution is 2.18. The molecule has 6 heteroatoms. The fourth-order valence-electron chi connectivity index (χ4n) is 2.59. The molecule has 0 spiro atoms. The first-order valence-electron chi connectivity index (χ1n) is 6.84. The molecule has 1 fully saturated rings. The van der Waals surface area contributed by atoms with Gasteiger partial charge in [-0.15, -0.1) is 0 Å². The Morgan fingerprint density at radius 1 is 1.35 bits per heavy atom. The standard InChI is InChI=1S/C14H19N3O3/c15-10-13-3-1-2-8-16(13)14(18)9-11-4-6-12(7-5-11)17(19)20/h4-7,13H,1-3,8-10,15H2. The predicted octanol–water partition coefficient (Wildman–Crippen LogP) is 1.48. The Hall–Kier alpha value is -1.95. The third-order valence-electron chi connectivity index (χ3n) is 3.72. The Labute approximate surface area is 117 Å². The highest BCUT2D eigenvalue weighted by Gasteiger charge is 2.25. The SMILES string of the molecule is NCC1CCCCN1C(=O)Cc1ccc([N+](=O)[O-])cc1. The molecule has 0 saturated carbocycles. The van der Waals surface area contributed by atoms with Crippen molar-refractivity contribution in [1.29, 1.82) is 0 Å². The molecular weight excluding hydrogens is 258 g/mol. The summed E-state index contributed by atoms with van der Waals surface area (Å²) < 4.78 is 0. The zero-order valence-corrected chi connectivity index (χ0v) is 11.3. The maximum Gasteiger partial charge on any atom is 0.269 e. The van der Waals surface area contributed by atoms with E-state index in [4.69, 9.17) is 5.73 Å². The molecule has 2 N–H and O–H groups in total. The maximum absolute atomic E-state index is 12.3. The van der Waals surface area contributed by atoms with Crippen molar-refractivity contribution >= 4 is 11.6 Å². The number of benzene rings is 1. The summed E-state index contributed by atoms with van der Waals surface area (Å²) in [4.78, 5) is 24.3. The van der Waals surface area contributed by atoms with Gasteiger partial charge in [-0.2, -0.15) is 0 Å². The van der Waals surface area contributed by atoms with E-state index in [0.29, 0.717) is 6.54 Å². The number of carbonyl (C=O) groups excluding carboxylic acids is 1. The Balaban J connectivity index is 2.01. The zero-order valence-electron chi connectivity index (χ0n) is 11.3. The number of amides is 1. The van der Waals surface area contributed by atoms with Gasteiger partial charge >= 0.3 is 0 Å². The molecule has 0 aromatic heterocycles. The number of rotatable bonds is 4. The topological polar surface area (TPSA) is 89.5 Å². The third kappa shape index (κ3) is 3.33. The van der Waals surface area contributed by atoms with Crippen molar-refractivity contribution in [2.24, 2.45) is 5.73 Å². The second kappa shape index (κ2) is 6.47. The highest BCUT2D eigenvalue weighted by molar-refractivity contribution is 5.79. The average Bonchev–Trinajstić information content (AvgIpc) is 2.47. The molecule has 1 aliphatic heterocycles. The van der Waals surface area contributed by atoms with Crippen LogP contribution >= 0.6 is 0 Å². The van der Waals surface area contributed by atoms with Crippen molar-refractivity contribution in [2.75, 3.05) is 13.1 Å². The van der Waals surface area contributed by atoms with Crippen LogP contribution in [0, 0.1) is 10.1 Å². The van der Waals surface area contributed by atoms with Crippen LogP contribution < -0.4 is 5.73 Å². The van der Waals surface area contributed by atoms with Crippen LogP contribution in [0.1, 0.15) is 24.8 Å². The minimum Gasteiger partial charge on any atom is -0.338 e. The van der Waals surface area contributed by atoms with Crippen molar-refractivity contribution in [3.63, 3.8) is 0 Å². The van der Waals surface area contributed by atoms with Crippen molar-refractivity contribution in [2.45, 2.75) is 31.7 Å². The maximum atomic E-state index is 12.3. The molecule has 6 nitrogen and oxygen atoms in total. The smallest absolute Gasteiger partial charge is 0.269 e. The second-order valence-electron chi connectivity index (χ2n) is 5.07. The van der Waals surface area contributed by atoms with Gasteiger partial charge in [-0.1, -0.05) is 12.1 Å². The van der Waals surface area contributed by atoms with Gasteiger partial charge in [-0.3, -0.25) is 14.9 Å². The van der Waals surface area contributed by atoms with E-state index in [2.05, 4.69) is 0 Å². The average molecular weight is 277 g/mol. The lowest BCUT2D eigenvalue weighted by Gasteiger charge is -2.35. The van der Waals surface area contributed by atoms with Gasteiger partial charge in [0.05, 0.1) is 11.3 Å². The molecule has 1 aromatic carbocycles. The molecule has 1 aromatic rings. The Bertz CT molecular complexity index is 487. The van der Waals surface area contributed by atoms with Gasteiger partial charge in [0.25, 0.3) is 5.69 Å². The predicted molar refractivity (Wildman–Crippen MR) is 75.2 cm³/mol. The largest absolute Gasteiger partial charge is 0.338 e. The number of nitrogens with zero attached hydrogens (tertiary/aromatic N) is 2. The number of piperidine rings is 1. The Kier molecular flexibility index (Phi) is 4.68. The molecule has 1 aliphatic rings. The number of nitrogens with two attached hydrogens (primary N) is 1. The summed E-state index contributed by atoms with van der Waals surface area (Å²) in [7, 11) is 0. The molecule has 0 bridgehead atoms. The molecule has 108 valence electrons. The molecule has 2 rings (SSSR count). The normalized spacial score (nSPS) is 18.9. The quantitative estimate of drug-likeness (QED) is 0.666. The molecule has 0 radical (unpaired) electrons. The minimum absolute atomic E-state index is 0.0407. The van der Waals surface area contributed by atoms with Crippen LogP contribution in [0.3, 0.4) is 0 Å². The number of carbonyl (C=O) groups is 1. The summed E-state index contributed by atoms with van der Waals surface area (Å²) in [5.41, 5.74) is 6.54. The molecule has 20 heavy (non-hydrogen) atoms. The van der Waals surface area contributed by atoms with Gasteiger partial charge in [0, 0.05) is 31.3 Å². The Morgan fingerprint density at radius 3 is 2.65 bits per heavy atom. The number of hydrogen-bond donors (Lipinski definition) is 1. The van der Waals surface area contributed by atoms with Crippen LogP contribution in [0.15, 0.2) is 24.3 Å². The first kappa shape index (κ1) is 14.5. The second-order valence-corrected chi connectivity index (χ2v) is 5.07. The van der Waals surface area contributed by atoms with E-state index >= 15 is 0 Å². The van der Waals surface area contributed by atoms with Gasteiger partial charge in [-0.25, -0.2) is 0 Å². The van der Waals surface area contributed by atoms with Crippen LogP contribution in [0.2, 0.25) is 0 Å². The van der Waals surface area contributed by atoms with E-state index in [1.54, 1.807) is 12.1 Å². The highest BCUT2D eigenvalue weighted by atomic mass is 16.6. The van der Waals surface area contributed by atoms with Crippen molar-refractivity contribution in [1.82, 2.24) is 4.90 Å². The van der Waals surface area contributed by atoms with E-state index in [1.807, 2.05) is 4.90 Å².